The van der Waals surface area contributed by atoms with Crippen molar-refractivity contribution in [3.8, 4) is 0 Å². The molecule has 0 aromatic heterocycles. The van der Waals surface area contributed by atoms with Crippen LogP contribution < -0.4 is 0 Å². The molecule has 0 aliphatic carbocycles. The summed E-state index contributed by atoms with van der Waals surface area (Å²) in [7, 11) is 1.26. The van der Waals surface area contributed by atoms with Gasteiger partial charge in [-0.2, -0.15) is 0 Å². The SMILES string of the molecule is COC(=O)[C@H]1CN(C(=O)[C@H](O)c2ccccc2Cl)CCO1. The lowest BCUT2D eigenvalue weighted by molar-refractivity contribution is -0.164. The largest absolute Gasteiger partial charge is 0.467 e. The third-order valence-electron chi connectivity index (χ3n) is 3.28. The van der Waals surface area contributed by atoms with E-state index in [-0.39, 0.29) is 13.2 Å². The number of nitrogens with zero attached hydrogens (tertiary/aromatic N) is 1. The van der Waals surface area contributed by atoms with Gasteiger partial charge >= 0.3 is 5.97 Å². The minimum Gasteiger partial charge on any atom is -0.467 e. The molecule has 1 aliphatic heterocycles. The molecule has 6 nitrogen and oxygen atoms in total. The number of esters is 1. The summed E-state index contributed by atoms with van der Waals surface area (Å²) in [5, 5.41) is 10.5. The van der Waals surface area contributed by atoms with E-state index in [2.05, 4.69) is 4.74 Å². The van der Waals surface area contributed by atoms with E-state index in [1.807, 2.05) is 0 Å². The van der Waals surface area contributed by atoms with Gasteiger partial charge in [-0.15, -0.1) is 0 Å². The Kier molecular flexibility index (Phi) is 5.17. The highest BCUT2D eigenvalue weighted by molar-refractivity contribution is 6.31. The van der Waals surface area contributed by atoms with Gasteiger partial charge in [0.1, 0.15) is 0 Å². The molecule has 2 atom stereocenters. The van der Waals surface area contributed by atoms with Crippen molar-refractivity contribution in [3.63, 3.8) is 0 Å². The van der Waals surface area contributed by atoms with Crippen LogP contribution in [0.25, 0.3) is 0 Å². The fraction of sp³-hybridized carbons (Fsp3) is 0.429. The minimum absolute atomic E-state index is 0.0486. The summed E-state index contributed by atoms with van der Waals surface area (Å²) < 4.78 is 9.84. The Morgan fingerprint density at radius 2 is 2.19 bits per heavy atom. The van der Waals surface area contributed by atoms with Gasteiger partial charge in [0.15, 0.2) is 12.2 Å². The van der Waals surface area contributed by atoms with Crippen molar-refractivity contribution in [2.24, 2.45) is 0 Å². The maximum Gasteiger partial charge on any atom is 0.336 e. The van der Waals surface area contributed by atoms with Crippen molar-refractivity contribution < 1.29 is 24.2 Å². The van der Waals surface area contributed by atoms with Gasteiger partial charge in [0.25, 0.3) is 5.91 Å². The summed E-state index contributed by atoms with van der Waals surface area (Å²) >= 11 is 5.97. The van der Waals surface area contributed by atoms with Gasteiger partial charge in [0, 0.05) is 17.1 Å². The number of halogens is 1. The summed E-state index contributed by atoms with van der Waals surface area (Å²) in [6.45, 7) is 0.557. The van der Waals surface area contributed by atoms with Crippen LogP contribution in [0, 0.1) is 0 Å². The first-order chi connectivity index (χ1) is 10.0. The van der Waals surface area contributed by atoms with Crippen molar-refractivity contribution >= 4 is 23.5 Å². The number of aliphatic hydroxyl groups excluding tert-OH is 1. The minimum atomic E-state index is -1.37. The average molecular weight is 314 g/mol. The fourth-order valence-electron chi connectivity index (χ4n) is 2.13. The van der Waals surface area contributed by atoms with Crippen molar-refractivity contribution in [2.75, 3.05) is 26.8 Å². The second-order valence-electron chi connectivity index (χ2n) is 4.59. The average Bonchev–Trinajstić information content (AvgIpc) is 2.53. The van der Waals surface area contributed by atoms with Gasteiger partial charge in [-0.25, -0.2) is 4.79 Å². The van der Waals surface area contributed by atoms with Crippen LogP contribution in [0.3, 0.4) is 0 Å². The smallest absolute Gasteiger partial charge is 0.336 e. The van der Waals surface area contributed by atoms with E-state index in [9.17, 15) is 14.7 Å². The molecule has 1 heterocycles. The number of rotatable bonds is 3. The first-order valence-corrected chi connectivity index (χ1v) is 6.83. The van der Waals surface area contributed by atoms with Crippen molar-refractivity contribution in [1.29, 1.82) is 0 Å². The Hall–Kier alpha value is -1.63. The molecule has 1 aromatic rings. The molecular weight excluding hydrogens is 298 g/mol. The van der Waals surface area contributed by atoms with Crippen LogP contribution in [0.15, 0.2) is 24.3 Å². The molecule has 1 saturated heterocycles. The van der Waals surface area contributed by atoms with Crippen LogP contribution in [0.1, 0.15) is 11.7 Å². The number of benzene rings is 1. The Morgan fingerprint density at radius 3 is 2.86 bits per heavy atom. The zero-order chi connectivity index (χ0) is 15.4. The van der Waals surface area contributed by atoms with Crippen LogP contribution in [0.2, 0.25) is 5.02 Å². The zero-order valence-corrected chi connectivity index (χ0v) is 12.2. The number of ether oxygens (including phenoxy) is 2. The fourth-order valence-corrected chi connectivity index (χ4v) is 2.37. The molecule has 1 N–H and O–H groups in total. The van der Waals surface area contributed by atoms with E-state index in [0.717, 1.165) is 0 Å². The molecule has 7 heteroatoms. The summed E-state index contributed by atoms with van der Waals surface area (Å²) in [6.07, 6.45) is -2.19. The normalized spacial score (nSPS) is 20.0. The van der Waals surface area contributed by atoms with E-state index >= 15 is 0 Å². The lowest BCUT2D eigenvalue weighted by Gasteiger charge is -2.32. The van der Waals surface area contributed by atoms with E-state index in [4.69, 9.17) is 16.3 Å². The quantitative estimate of drug-likeness (QED) is 0.834. The summed E-state index contributed by atoms with van der Waals surface area (Å²) in [4.78, 5) is 25.2. The second kappa shape index (κ2) is 6.89. The molecule has 0 spiro atoms. The Balaban J connectivity index is 2.09. The first kappa shape index (κ1) is 15.8. The summed E-state index contributed by atoms with van der Waals surface area (Å²) in [6, 6.07) is 6.59. The van der Waals surface area contributed by atoms with Gasteiger partial charge in [0.05, 0.1) is 20.3 Å². The maximum absolute atomic E-state index is 12.3. The van der Waals surface area contributed by atoms with Crippen LogP contribution >= 0.6 is 11.6 Å². The molecular formula is C14H16ClNO5. The molecule has 0 unspecified atom stereocenters. The van der Waals surface area contributed by atoms with Crippen molar-refractivity contribution in [3.05, 3.63) is 34.9 Å². The Labute approximate surface area is 127 Å². The predicted octanol–water partition coefficient (Wildman–Crippen LogP) is 0.774. The Morgan fingerprint density at radius 1 is 1.48 bits per heavy atom. The molecule has 1 aromatic carbocycles. The van der Waals surface area contributed by atoms with Crippen LogP contribution in [0.4, 0.5) is 0 Å². The number of hydrogen-bond acceptors (Lipinski definition) is 5. The van der Waals surface area contributed by atoms with Gasteiger partial charge < -0.3 is 19.5 Å². The summed E-state index contributed by atoms with van der Waals surface area (Å²) in [5.41, 5.74) is 0.338. The van der Waals surface area contributed by atoms with Crippen molar-refractivity contribution in [1.82, 2.24) is 4.90 Å². The molecule has 0 radical (unpaired) electrons. The molecule has 21 heavy (non-hydrogen) atoms. The van der Waals surface area contributed by atoms with Crippen LogP contribution in [-0.4, -0.2) is 54.8 Å². The highest BCUT2D eigenvalue weighted by Gasteiger charge is 2.33. The number of hydrogen-bond donors (Lipinski definition) is 1. The second-order valence-corrected chi connectivity index (χ2v) is 5.00. The lowest BCUT2D eigenvalue weighted by Crippen LogP contribution is -2.50. The number of morpholine rings is 1. The van der Waals surface area contributed by atoms with Gasteiger partial charge in [-0.05, 0) is 6.07 Å². The molecule has 1 fully saturated rings. The monoisotopic (exact) mass is 313 g/mol. The lowest BCUT2D eigenvalue weighted by atomic mass is 10.1. The summed E-state index contributed by atoms with van der Waals surface area (Å²) in [5.74, 6) is -1.06. The Bertz CT molecular complexity index is 536. The topological polar surface area (TPSA) is 76.1 Å². The van der Waals surface area contributed by atoms with Crippen molar-refractivity contribution in [2.45, 2.75) is 12.2 Å². The van der Waals surface area contributed by atoms with Crippen LogP contribution in [-0.2, 0) is 19.1 Å². The number of carbonyl (C=O) groups excluding carboxylic acids is 2. The molecule has 2 rings (SSSR count). The van der Waals surface area contributed by atoms with Gasteiger partial charge in [-0.3, -0.25) is 4.79 Å². The molecule has 0 bridgehead atoms. The number of amides is 1. The highest BCUT2D eigenvalue weighted by atomic mass is 35.5. The molecule has 0 saturated carbocycles. The van der Waals surface area contributed by atoms with Gasteiger partial charge in [0.2, 0.25) is 0 Å². The van der Waals surface area contributed by atoms with E-state index in [0.29, 0.717) is 17.1 Å². The van der Waals surface area contributed by atoms with Crippen LogP contribution in [0.5, 0.6) is 0 Å². The number of carbonyl (C=O) groups is 2. The maximum atomic E-state index is 12.3. The number of aliphatic hydroxyl groups is 1. The predicted molar refractivity (Wildman–Crippen MR) is 74.7 cm³/mol. The zero-order valence-electron chi connectivity index (χ0n) is 11.5. The highest BCUT2D eigenvalue weighted by Crippen LogP contribution is 2.24. The van der Waals surface area contributed by atoms with E-state index in [1.54, 1.807) is 24.3 Å². The number of methoxy groups -OCH3 is 1. The van der Waals surface area contributed by atoms with Gasteiger partial charge in [-0.1, -0.05) is 29.8 Å². The third-order valence-corrected chi connectivity index (χ3v) is 3.62. The van der Waals surface area contributed by atoms with E-state index in [1.165, 1.54) is 12.0 Å². The first-order valence-electron chi connectivity index (χ1n) is 6.45. The standard InChI is InChI=1S/C14H16ClNO5/c1-20-14(19)11-8-16(6-7-21-11)13(18)12(17)9-4-2-3-5-10(9)15/h2-5,11-12,17H,6-8H2,1H3/t11-,12-/m1/s1. The third kappa shape index (κ3) is 3.53. The molecule has 114 valence electrons. The molecule has 1 aliphatic rings. The van der Waals surface area contributed by atoms with E-state index < -0.39 is 24.1 Å². The molecule has 1 amide bonds.